The average Bonchev–Trinajstić information content (AvgIpc) is 2.81. The zero-order chi connectivity index (χ0) is 12.3. The molecular formula is C12H17NO3S. The molecule has 1 aliphatic carbocycles. The first kappa shape index (κ1) is 12.5. The van der Waals surface area contributed by atoms with E-state index in [9.17, 15) is 9.59 Å². The summed E-state index contributed by atoms with van der Waals surface area (Å²) < 4.78 is 0. The molecule has 0 bridgehead atoms. The molecular weight excluding hydrogens is 238 g/mol. The number of allylic oxidation sites excluding steroid dienone is 2. The molecule has 0 aromatic carbocycles. The molecule has 2 atom stereocenters. The first-order valence-electron chi connectivity index (χ1n) is 5.95. The van der Waals surface area contributed by atoms with E-state index in [-0.39, 0.29) is 5.91 Å². The molecule has 0 aromatic heterocycles. The van der Waals surface area contributed by atoms with Crippen molar-refractivity contribution in [2.45, 2.75) is 25.3 Å². The van der Waals surface area contributed by atoms with Crippen LogP contribution < -0.4 is 0 Å². The first-order valence-corrected chi connectivity index (χ1v) is 7.10. The van der Waals surface area contributed by atoms with Crippen molar-refractivity contribution >= 4 is 23.6 Å². The molecule has 2 aliphatic rings. The Bertz CT molecular complexity index is 343. The average molecular weight is 255 g/mol. The van der Waals surface area contributed by atoms with Crippen LogP contribution in [0, 0.1) is 5.92 Å². The fourth-order valence-electron chi connectivity index (χ4n) is 2.31. The minimum absolute atomic E-state index is 0.00532. The highest BCUT2D eigenvalue weighted by atomic mass is 32.2. The number of carboxylic acids is 1. The molecule has 2 unspecified atom stereocenters. The third kappa shape index (κ3) is 3.03. The number of amides is 1. The van der Waals surface area contributed by atoms with Crippen molar-refractivity contribution in [3.63, 3.8) is 0 Å². The summed E-state index contributed by atoms with van der Waals surface area (Å²) in [5.74, 6) is 0.783. The normalized spacial score (nSPS) is 28.4. The fourth-order valence-corrected chi connectivity index (χ4v) is 3.35. The lowest BCUT2D eigenvalue weighted by Crippen LogP contribution is -2.50. The Labute approximate surface area is 105 Å². The van der Waals surface area contributed by atoms with Crippen LogP contribution in [0.2, 0.25) is 0 Å². The Hall–Kier alpha value is -0.970. The van der Waals surface area contributed by atoms with Gasteiger partial charge < -0.3 is 10.0 Å². The molecule has 17 heavy (non-hydrogen) atoms. The third-order valence-corrected chi connectivity index (χ3v) is 4.31. The van der Waals surface area contributed by atoms with Gasteiger partial charge in [-0.3, -0.25) is 4.79 Å². The van der Waals surface area contributed by atoms with Crippen LogP contribution in [0.25, 0.3) is 0 Å². The van der Waals surface area contributed by atoms with Gasteiger partial charge in [-0.2, -0.15) is 11.8 Å². The summed E-state index contributed by atoms with van der Waals surface area (Å²) in [5.41, 5.74) is 0. The highest BCUT2D eigenvalue weighted by Crippen LogP contribution is 2.24. The van der Waals surface area contributed by atoms with Crippen LogP contribution in [-0.2, 0) is 9.59 Å². The van der Waals surface area contributed by atoms with Gasteiger partial charge in [-0.1, -0.05) is 12.2 Å². The van der Waals surface area contributed by atoms with Crippen molar-refractivity contribution < 1.29 is 14.7 Å². The van der Waals surface area contributed by atoms with Crippen LogP contribution in [-0.4, -0.2) is 46.0 Å². The van der Waals surface area contributed by atoms with Gasteiger partial charge in [0.1, 0.15) is 6.04 Å². The van der Waals surface area contributed by atoms with E-state index in [1.54, 1.807) is 16.7 Å². The lowest BCUT2D eigenvalue weighted by atomic mass is 10.0. The van der Waals surface area contributed by atoms with Gasteiger partial charge in [0.05, 0.1) is 0 Å². The van der Waals surface area contributed by atoms with Crippen molar-refractivity contribution in [1.82, 2.24) is 4.90 Å². The topological polar surface area (TPSA) is 57.6 Å². The summed E-state index contributed by atoms with van der Waals surface area (Å²) >= 11 is 1.61. The number of carbonyl (C=O) groups excluding carboxylic acids is 1. The molecule has 0 saturated carbocycles. The molecule has 2 rings (SSSR count). The predicted molar refractivity (Wildman–Crippen MR) is 66.9 cm³/mol. The Kier molecular flexibility index (Phi) is 4.10. The van der Waals surface area contributed by atoms with E-state index < -0.39 is 12.0 Å². The van der Waals surface area contributed by atoms with Crippen LogP contribution in [0.1, 0.15) is 19.3 Å². The minimum atomic E-state index is -0.882. The molecule has 4 nitrogen and oxygen atoms in total. The van der Waals surface area contributed by atoms with Gasteiger partial charge in [0, 0.05) is 24.5 Å². The Morgan fingerprint density at radius 1 is 1.47 bits per heavy atom. The number of hydrogen-bond acceptors (Lipinski definition) is 3. The van der Waals surface area contributed by atoms with E-state index in [4.69, 9.17) is 5.11 Å². The van der Waals surface area contributed by atoms with E-state index in [0.717, 1.165) is 18.6 Å². The molecule has 1 aliphatic heterocycles. The monoisotopic (exact) mass is 255 g/mol. The SMILES string of the molecule is O=C(O)C1CSCCN1C(=O)CC1C=CCC1. The smallest absolute Gasteiger partial charge is 0.327 e. The summed E-state index contributed by atoms with van der Waals surface area (Å²) in [7, 11) is 0. The van der Waals surface area contributed by atoms with E-state index in [0.29, 0.717) is 24.6 Å². The van der Waals surface area contributed by atoms with Crippen molar-refractivity contribution in [2.24, 2.45) is 5.92 Å². The standard InChI is InChI=1S/C12H17NO3S/c14-11(7-9-3-1-2-4-9)13-5-6-17-8-10(13)12(15)16/h1,3,9-10H,2,4-8H2,(H,15,16). The number of nitrogens with zero attached hydrogens (tertiary/aromatic N) is 1. The van der Waals surface area contributed by atoms with E-state index in [1.165, 1.54) is 0 Å². The Morgan fingerprint density at radius 3 is 2.94 bits per heavy atom. The van der Waals surface area contributed by atoms with Crippen LogP contribution in [0.15, 0.2) is 12.2 Å². The van der Waals surface area contributed by atoms with E-state index in [1.807, 2.05) is 0 Å². The van der Waals surface area contributed by atoms with Crippen LogP contribution >= 0.6 is 11.8 Å². The second kappa shape index (κ2) is 5.58. The van der Waals surface area contributed by atoms with Crippen LogP contribution in [0.3, 0.4) is 0 Å². The number of rotatable bonds is 3. The van der Waals surface area contributed by atoms with Crippen molar-refractivity contribution in [3.8, 4) is 0 Å². The van der Waals surface area contributed by atoms with Crippen LogP contribution in [0.5, 0.6) is 0 Å². The van der Waals surface area contributed by atoms with Gasteiger partial charge in [-0.25, -0.2) is 4.79 Å². The number of hydrogen-bond donors (Lipinski definition) is 1. The summed E-state index contributed by atoms with van der Waals surface area (Å²) in [6.45, 7) is 0.566. The molecule has 1 saturated heterocycles. The molecule has 0 spiro atoms. The van der Waals surface area contributed by atoms with Crippen molar-refractivity contribution in [1.29, 1.82) is 0 Å². The summed E-state index contributed by atoms with van der Waals surface area (Å²) in [6, 6.07) is -0.633. The molecule has 1 fully saturated rings. The molecule has 94 valence electrons. The fraction of sp³-hybridized carbons (Fsp3) is 0.667. The quantitative estimate of drug-likeness (QED) is 0.774. The molecule has 0 aromatic rings. The Balaban J connectivity index is 1.95. The maximum Gasteiger partial charge on any atom is 0.327 e. The molecule has 5 heteroatoms. The summed E-state index contributed by atoms with van der Waals surface area (Å²) in [6.07, 6.45) is 6.69. The molecule has 0 radical (unpaired) electrons. The Morgan fingerprint density at radius 2 is 2.29 bits per heavy atom. The van der Waals surface area contributed by atoms with Gasteiger partial charge in [0.2, 0.25) is 5.91 Å². The molecule has 1 N–H and O–H groups in total. The number of carboxylic acid groups (broad SMARTS) is 1. The number of aliphatic carboxylic acids is 1. The highest BCUT2D eigenvalue weighted by molar-refractivity contribution is 7.99. The van der Waals surface area contributed by atoms with E-state index in [2.05, 4.69) is 12.2 Å². The zero-order valence-corrected chi connectivity index (χ0v) is 10.5. The third-order valence-electron chi connectivity index (χ3n) is 3.28. The van der Waals surface area contributed by atoms with Gasteiger partial charge in [0.15, 0.2) is 0 Å². The lowest BCUT2D eigenvalue weighted by molar-refractivity contribution is -0.149. The molecule has 1 heterocycles. The van der Waals surface area contributed by atoms with Gasteiger partial charge in [-0.05, 0) is 18.8 Å². The number of carbonyl (C=O) groups is 2. The maximum atomic E-state index is 12.1. The second-order valence-corrected chi connectivity index (χ2v) is 5.64. The van der Waals surface area contributed by atoms with Crippen molar-refractivity contribution in [3.05, 3.63) is 12.2 Å². The maximum absolute atomic E-state index is 12.1. The highest BCUT2D eigenvalue weighted by Gasteiger charge is 2.32. The number of thioether (sulfide) groups is 1. The van der Waals surface area contributed by atoms with Gasteiger partial charge in [-0.15, -0.1) is 0 Å². The predicted octanol–water partition coefficient (Wildman–Crippen LogP) is 1.37. The summed E-state index contributed by atoms with van der Waals surface area (Å²) in [4.78, 5) is 24.7. The minimum Gasteiger partial charge on any atom is -0.480 e. The molecule has 1 amide bonds. The van der Waals surface area contributed by atoms with E-state index >= 15 is 0 Å². The van der Waals surface area contributed by atoms with Gasteiger partial charge in [0.25, 0.3) is 0 Å². The van der Waals surface area contributed by atoms with Crippen LogP contribution in [0.4, 0.5) is 0 Å². The lowest BCUT2D eigenvalue weighted by Gasteiger charge is -2.33. The zero-order valence-electron chi connectivity index (χ0n) is 9.67. The van der Waals surface area contributed by atoms with Crippen molar-refractivity contribution in [2.75, 3.05) is 18.1 Å². The largest absolute Gasteiger partial charge is 0.480 e. The van der Waals surface area contributed by atoms with Gasteiger partial charge >= 0.3 is 5.97 Å². The second-order valence-electron chi connectivity index (χ2n) is 4.49. The summed E-state index contributed by atoms with van der Waals surface area (Å²) in [5, 5.41) is 9.10. The first-order chi connectivity index (χ1) is 8.18.